The summed E-state index contributed by atoms with van der Waals surface area (Å²) in [6.07, 6.45) is 1.87. The summed E-state index contributed by atoms with van der Waals surface area (Å²) in [6.45, 7) is 4.72. The van der Waals surface area contributed by atoms with E-state index in [1.54, 1.807) is 0 Å². The molecule has 1 atom stereocenters. The quantitative estimate of drug-likeness (QED) is 0.671. The summed E-state index contributed by atoms with van der Waals surface area (Å²) in [4.78, 5) is 10.9. The fourth-order valence-corrected chi connectivity index (χ4v) is 3.64. The standard InChI is InChI=1S/C12H21N5O3S/c1-2-13-8-10-4-3-7-17(9-10)21(19,20)16-11-5-6-12(18)15-14-11/h5-6,10,13H,2-4,7-9H2,1H3,(H,14,16)(H,15,18). The van der Waals surface area contributed by atoms with E-state index in [1.807, 2.05) is 6.92 Å². The topological polar surface area (TPSA) is 107 Å². The Morgan fingerprint density at radius 3 is 2.95 bits per heavy atom. The Morgan fingerprint density at radius 2 is 2.29 bits per heavy atom. The maximum atomic E-state index is 12.3. The van der Waals surface area contributed by atoms with Crippen molar-refractivity contribution in [3.63, 3.8) is 0 Å². The predicted molar refractivity (Wildman–Crippen MR) is 80.2 cm³/mol. The lowest BCUT2D eigenvalue weighted by Gasteiger charge is -2.31. The minimum absolute atomic E-state index is 0.114. The van der Waals surface area contributed by atoms with Gasteiger partial charge < -0.3 is 5.32 Å². The van der Waals surface area contributed by atoms with E-state index in [0.29, 0.717) is 19.0 Å². The maximum absolute atomic E-state index is 12.3. The number of nitrogens with one attached hydrogen (secondary N) is 3. The van der Waals surface area contributed by atoms with E-state index in [0.717, 1.165) is 25.9 Å². The van der Waals surface area contributed by atoms with Gasteiger partial charge in [-0.25, -0.2) is 5.10 Å². The van der Waals surface area contributed by atoms with Crippen LogP contribution in [0.25, 0.3) is 0 Å². The number of piperidine rings is 1. The highest BCUT2D eigenvalue weighted by atomic mass is 32.2. The number of nitrogens with zero attached hydrogens (tertiary/aromatic N) is 2. The van der Waals surface area contributed by atoms with Crippen LogP contribution in [0.2, 0.25) is 0 Å². The Morgan fingerprint density at radius 1 is 1.48 bits per heavy atom. The van der Waals surface area contributed by atoms with Gasteiger partial charge in [0.2, 0.25) is 0 Å². The summed E-state index contributed by atoms with van der Waals surface area (Å²) < 4.78 is 28.5. The van der Waals surface area contributed by atoms with Crippen molar-refractivity contribution in [1.29, 1.82) is 0 Å². The second kappa shape index (κ2) is 7.01. The van der Waals surface area contributed by atoms with Crippen molar-refractivity contribution in [3.8, 4) is 0 Å². The summed E-state index contributed by atoms with van der Waals surface area (Å²) in [6, 6.07) is 2.57. The molecule has 0 aromatic carbocycles. The molecule has 1 unspecified atom stereocenters. The zero-order valence-electron chi connectivity index (χ0n) is 12.0. The van der Waals surface area contributed by atoms with E-state index >= 15 is 0 Å². The van der Waals surface area contributed by atoms with Gasteiger partial charge in [0.05, 0.1) is 0 Å². The molecule has 0 saturated carbocycles. The van der Waals surface area contributed by atoms with Gasteiger partial charge in [-0.05, 0) is 37.9 Å². The molecule has 1 aromatic heterocycles. The number of aromatic nitrogens is 2. The summed E-state index contributed by atoms with van der Waals surface area (Å²) in [5.74, 6) is 0.433. The van der Waals surface area contributed by atoms with Crippen LogP contribution in [0.5, 0.6) is 0 Å². The molecule has 0 amide bonds. The molecule has 0 bridgehead atoms. The van der Waals surface area contributed by atoms with Gasteiger partial charge in [-0.15, -0.1) is 0 Å². The van der Waals surface area contributed by atoms with Gasteiger partial charge >= 0.3 is 10.2 Å². The van der Waals surface area contributed by atoms with E-state index in [4.69, 9.17) is 0 Å². The Hall–Kier alpha value is -1.45. The van der Waals surface area contributed by atoms with E-state index < -0.39 is 10.2 Å². The van der Waals surface area contributed by atoms with Crippen LogP contribution >= 0.6 is 0 Å². The Balaban J connectivity index is 2.01. The maximum Gasteiger partial charge on any atom is 0.302 e. The molecule has 2 heterocycles. The normalized spacial score (nSPS) is 20.3. The van der Waals surface area contributed by atoms with E-state index in [1.165, 1.54) is 16.4 Å². The zero-order chi connectivity index (χ0) is 15.3. The molecule has 0 radical (unpaired) electrons. The third-order valence-electron chi connectivity index (χ3n) is 3.42. The van der Waals surface area contributed by atoms with Gasteiger partial charge in [0, 0.05) is 19.2 Å². The van der Waals surface area contributed by atoms with Gasteiger partial charge in [0.1, 0.15) is 0 Å². The van der Waals surface area contributed by atoms with E-state index in [9.17, 15) is 13.2 Å². The lowest BCUT2D eigenvalue weighted by molar-refractivity contribution is 0.262. The highest BCUT2D eigenvalue weighted by Crippen LogP contribution is 2.19. The van der Waals surface area contributed by atoms with Crippen molar-refractivity contribution in [2.24, 2.45) is 5.92 Å². The Kier molecular flexibility index (Phi) is 5.32. The lowest BCUT2D eigenvalue weighted by Crippen LogP contribution is -2.45. The van der Waals surface area contributed by atoms with Crippen molar-refractivity contribution < 1.29 is 8.42 Å². The second-order valence-electron chi connectivity index (χ2n) is 5.09. The molecular weight excluding hydrogens is 294 g/mol. The number of anilines is 1. The van der Waals surface area contributed by atoms with Crippen LogP contribution in [0.3, 0.4) is 0 Å². The average molecular weight is 315 g/mol. The van der Waals surface area contributed by atoms with Crippen LogP contribution in [0.1, 0.15) is 19.8 Å². The van der Waals surface area contributed by atoms with Crippen LogP contribution in [0, 0.1) is 5.92 Å². The Labute approximate surface area is 124 Å². The van der Waals surface area contributed by atoms with E-state index in [2.05, 4.69) is 20.2 Å². The predicted octanol–water partition coefficient (Wildman–Crippen LogP) is -0.252. The summed E-state index contributed by atoms with van der Waals surface area (Å²) >= 11 is 0. The minimum Gasteiger partial charge on any atom is -0.317 e. The minimum atomic E-state index is -3.64. The zero-order valence-corrected chi connectivity index (χ0v) is 12.8. The first-order valence-electron chi connectivity index (χ1n) is 7.05. The molecule has 1 aliphatic heterocycles. The van der Waals surface area contributed by atoms with Gasteiger partial charge in [-0.1, -0.05) is 6.92 Å². The molecule has 21 heavy (non-hydrogen) atoms. The fraction of sp³-hybridized carbons (Fsp3) is 0.667. The van der Waals surface area contributed by atoms with Gasteiger partial charge in [0.25, 0.3) is 5.56 Å². The summed E-state index contributed by atoms with van der Waals surface area (Å²) in [5, 5.41) is 9.11. The van der Waals surface area contributed by atoms with Crippen molar-refractivity contribution in [2.45, 2.75) is 19.8 Å². The van der Waals surface area contributed by atoms with Crippen molar-refractivity contribution in [3.05, 3.63) is 22.5 Å². The molecule has 1 saturated heterocycles. The molecule has 1 aliphatic rings. The number of hydrogen-bond donors (Lipinski definition) is 3. The lowest BCUT2D eigenvalue weighted by atomic mass is 10.00. The van der Waals surface area contributed by atoms with E-state index in [-0.39, 0.29) is 11.4 Å². The molecule has 3 N–H and O–H groups in total. The molecule has 0 aliphatic carbocycles. The van der Waals surface area contributed by atoms with Crippen molar-refractivity contribution in [1.82, 2.24) is 19.8 Å². The molecule has 2 rings (SSSR count). The number of rotatable bonds is 6. The molecular formula is C12H21N5O3S. The van der Waals surface area contributed by atoms with Gasteiger partial charge in [0.15, 0.2) is 5.82 Å². The third kappa shape index (κ3) is 4.51. The SMILES string of the molecule is CCNCC1CCCN(S(=O)(=O)Nc2ccc(=O)[nH]n2)C1. The van der Waals surface area contributed by atoms with Gasteiger partial charge in [-0.2, -0.15) is 17.8 Å². The average Bonchev–Trinajstić information content (AvgIpc) is 2.48. The largest absolute Gasteiger partial charge is 0.317 e. The first-order chi connectivity index (χ1) is 10.0. The fourth-order valence-electron chi connectivity index (χ4n) is 2.36. The monoisotopic (exact) mass is 315 g/mol. The van der Waals surface area contributed by atoms with Crippen molar-refractivity contribution >= 4 is 16.0 Å². The van der Waals surface area contributed by atoms with Crippen LogP contribution in [0.4, 0.5) is 5.82 Å². The molecule has 1 aromatic rings. The highest BCUT2D eigenvalue weighted by Gasteiger charge is 2.28. The summed E-state index contributed by atoms with van der Waals surface area (Å²) in [7, 11) is -3.64. The smallest absolute Gasteiger partial charge is 0.302 e. The molecule has 8 nitrogen and oxygen atoms in total. The van der Waals surface area contributed by atoms with Gasteiger partial charge in [-0.3, -0.25) is 9.52 Å². The van der Waals surface area contributed by atoms with Crippen molar-refractivity contribution in [2.75, 3.05) is 30.9 Å². The Bertz CT molecular complexity index is 595. The summed E-state index contributed by atoms with van der Waals surface area (Å²) in [5.41, 5.74) is -0.373. The number of aromatic amines is 1. The highest BCUT2D eigenvalue weighted by molar-refractivity contribution is 7.90. The molecule has 118 valence electrons. The molecule has 0 spiro atoms. The van der Waals surface area contributed by atoms with Crippen LogP contribution in [0.15, 0.2) is 16.9 Å². The van der Waals surface area contributed by atoms with Crippen LogP contribution in [-0.2, 0) is 10.2 Å². The first kappa shape index (κ1) is 15.9. The van der Waals surface area contributed by atoms with Crippen LogP contribution < -0.4 is 15.6 Å². The van der Waals surface area contributed by atoms with Crippen LogP contribution in [-0.4, -0.2) is 49.1 Å². The molecule has 9 heteroatoms. The number of H-pyrrole nitrogens is 1. The first-order valence-corrected chi connectivity index (χ1v) is 8.49. The second-order valence-corrected chi connectivity index (χ2v) is 6.76. The number of hydrogen-bond acceptors (Lipinski definition) is 5. The molecule has 1 fully saturated rings. The third-order valence-corrected chi connectivity index (χ3v) is 4.90.